The quantitative estimate of drug-likeness (QED) is 0.646. The molecule has 8 heteroatoms. The first kappa shape index (κ1) is 20.4. The highest BCUT2D eigenvalue weighted by Crippen LogP contribution is 2.09. The van der Waals surface area contributed by atoms with Gasteiger partial charge < -0.3 is 9.64 Å². The van der Waals surface area contributed by atoms with Crippen molar-refractivity contribution < 1.29 is 22.7 Å². The van der Waals surface area contributed by atoms with Gasteiger partial charge in [-0.15, -0.1) is 0 Å². The summed E-state index contributed by atoms with van der Waals surface area (Å²) < 4.78 is 27.9. The molecule has 1 aliphatic heterocycles. The largest absolute Gasteiger partial charge is 0.455 e. The Bertz CT molecular complexity index is 704. The minimum Gasteiger partial charge on any atom is -0.455 e. The van der Waals surface area contributed by atoms with E-state index in [4.69, 9.17) is 4.74 Å². The van der Waals surface area contributed by atoms with Crippen LogP contribution in [0.5, 0.6) is 0 Å². The van der Waals surface area contributed by atoms with Gasteiger partial charge in [-0.3, -0.25) is 14.5 Å². The lowest BCUT2D eigenvalue weighted by Crippen LogP contribution is -2.44. The van der Waals surface area contributed by atoms with Crippen molar-refractivity contribution in [2.45, 2.75) is 26.4 Å². The van der Waals surface area contributed by atoms with E-state index in [0.717, 1.165) is 5.56 Å². The first-order valence-corrected chi connectivity index (χ1v) is 10.5. The van der Waals surface area contributed by atoms with Crippen molar-refractivity contribution in [2.75, 3.05) is 37.7 Å². The van der Waals surface area contributed by atoms with Gasteiger partial charge in [0.05, 0.1) is 18.1 Å². The number of hydrogen-bond donors (Lipinski definition) is 0. The summed E-state index contributed by atoms with van der Waals surface area (Å²) in [6, 6.07) is 9.61. The minimum atomic E-state index is -2.98. The summed E-state index contributed by atoms with van der Waals surface area (Å²) in [6.07, 6.45) is 0. The Morgan fingerprint density at radius 3 is 2.35 bits per heavy atom. The van der Waals surface area contributed by atoms with Gasteiger partial charge in [0, 0.05) is 25.7 Å². The zero-order chi connectivity index (χ0) is 19.2. The fourth-order valence-corrected chi connectivity index (χ4v) is 3.98. The van der Waals surface area contributed by atoms with Crippen LogP contribution in [0.3, 0.4) is 0 Å². The second-order valence-corrected chi connectivity index (χ2v) is 8.99. The highest BCUT2D eigenvalue weighted by molar-refractivity contribution is 7.91. The molecule has 0 bridgehead atoms. The van der Waals surface area contributed by atoms with Gasteiger partial charge in [0.2, 0.25) is 0 Å². The molecule has 2 rings (SSSR count). The van der Waals surface area contributed by atoms with E-state index in [9.17, 15) is 18.0 Å². The Kier molecular flexibility index (Phi) is 7.16. The van der Waals surface area contributed by atoms with Gasteiger partial charge in [0.1, 0.15) is 0 Å². The van der Waals surface area contributed by atoms with E-state index >= 15 is 0 Å². The van der Waals surface area contributed by atoms with Crippen LogP contribution in [-0.4, -0.2) is 73.9 Å². The summed E-state index contributed by atoms with van der Waals surface area (Å²) in [5.74, 6) is -0.658. The fraction of sp³-hybridized carbons (Fsp3) is 0.556. The van der Waals surface area contributed by atoms with Gasteiger partial charge in [-0.2, -0.15) is 0 Å². The van der Waals surface area contributed by atoms with Gasteiger partial charge in [-0.25, -0.2) is 8.42 Å². The molecule has 7 nitrogen and oxygen atoms in total. The molecule has 1 aromatic rings. The Morgan fingerprint density at radius 2 is 1.77 bits per heavy atom. The Balaban J connectivity index is 1.80. The number of nitrogens with zero attached hydrogens (tertiary/aromatic N) is 2. The summed E-state index contributed by atoms with van der Waals surface area (Å²) in [6.45, 7) is 4.61. The number of hydrogen-bond acceptors (Lipinski definition) is 6. The number of rotatable bonds is 7. The third-order valence-electron chi connectivity index (χ3n) is 4.29. The van der Waals surface area contributed by atoms with E-state index in [1.807, 2.05) is 44.2 Å². The van der Waals surface area contributed by atoms with Gasteiger partial charge >= 0.3 is 5.97 Å². The van der Waals surface area contributed by atoms with Crippen LogP contribution in [0, 0.1) is 0 Å². The predicted molar refractivity (Wildman–Crippen MR) is 98.2 cm³/mol. The van der Waals surface area contributed by atoms with Crippen LogP contribution in [0.2, 0.25) is 0 Å². The number of carbonyl (C=O) groups is 2. The highest BCUT2D eigenvalue weighted by atomic mass is 32.2. The maximum atomic E-state index is 12.4. The standard InChI is InChI=1S/C18H26N2O5S/c1-15(2)20(12-16-6-4-3-5-7-16)17(21)14-25-18(22)13-19-8-10-26(23,24)11-9-19/h3-7,15H,8-14H2,1-2H3. The molecule has 1 heterocycles. The van der Waals surface area contributed by atoms with Gasteiger partial charge in [0.15, 0.2) is 16.4 Å². The molecule has 0 N–H and O–H groups in total. The number of esters is 1. The molecule has 0 unspecified atom stereocenters. The maximum Gasteiger partial charge on any atom is 0.320 e. The normalized spacial score (nSPS) is 17.0. The lowest BCUT2D eigenvalue weighted by Gasteiger charge is -2.27. The molecular weight excluding hydrogens is 356 g/mol. The molecule has 1 saturated heterocycles. The van der Waals surface area contributed by atoms with E-state index in [2.05, 4.69) is 0 Å². The summed E-state index contributed by atoms with van der Waals surface area (Å²) in [4.78, 5) is 27.8. The van der Waals surface area contributed by atoms with E-state index in [-0.39, 0.29) is 36.6 Å². The summed E-state index contributed by atoms with van der Waals surface area (Å²) in [5.41, 5.74) is 1.01. The molecule has 144 valence electrons. The molecule has 0 radical (unpaired) electrons. The van der Waals surface area contributed by atoms with Crippen LogP contribution in [0.25, 0.3) is 0 Å². The van der Waals surface area contributed by atoms with Gasteiger partial charge in [-0.05, 0) is 19.4 Å². The van der Waals surface area contributed by atoms with E-state index in [1.165, 1.54) is 0 Å². The molecule has 1 aliphatic rings. The molecule has 1 amide bonds. The van der Waals surface area contributed by atoms with Crippen LogP contribution in [0.4, 0.5) is 0 Å². The fourth-order valence-electron chi connectivity index (χ4n) is 2.70. The molecule has 1 aromatic carbocycles. The zero-order valence-electron chi connectivity index (χ0n) is 15.3. The molecule has 0 spiro atoms. The molecular formula is C18H26N2O5S. The van der Waals surface area contributed by atoms with Gasteiger partial charge in [-0.1, -0.05) is 30.3 Å². The minimum absolute atomic E-state index is 0.00314. The maximum absolute atomic E-state index is 12.4. The lowest BCUT2D eigenvalue weighted by molar-refractivity contribution is -0.153. The Hall–Kier alpha value is -1.93. The smallest absolute Gasteiger partial charge is 0.320 e. The number of benzene rings is 1. The van der Waals surface area contributed by atoms with Crippen molar-refractivity contribution in [2.24, 2.45) is 0 Å². The average Bonchev–Trinajstić information content (AvgIpc) is 2.60. The second-order valence-electron chi connectivity index (χ2n) is 6.69. The number of sulfone groups is 1. The Labute approximate surface area is 154 Å². The number of ether oxygens (including phenoxy) is 1. The van der Waals surface area contributed by atoms with E-state index in [0.29, 0.717) is 19.6 Å². The van der Waals surface area contributed by atoms with Crippen LogP contribution in [0.15, 0.2) is 30.3 Å². The average molecular weight is 382 g/mol. The first-order chi connectivity index (χ1) is 12.3. The highest BCUT2D eigenvalue weighted by Gasteiger charge is 2.24. The van der Waals surface area contributed by atoms with Crippen molar-refractivity contribution >= 4 is 21.7 Å². The van der Waals surface area contributed by atoms with Crippen molar-refractivity contribution in [3.63, 3.8) is 0 Å². The van der Waals surface area contributed by atoms with Gasteiger partial charge in [0.25, 0.3) is 5.91 Å². The molecule has 0 saturated carbocycles. The summed E-state index contributed by atoms with van der Waals surface area (Å²) >= 11 is 0. The third-order valence-corrected chi connectivity index (χ3v) is 5.89. The summed E-state index contributed by atoms with van der Waals surface area (Å²) in [7, 11) is -2.98. The van der Waals surface area contributed by atoms with Crippen molar-refractivity contribution in [1.29, 1.82) is 0 Å². The van der Waals surface area contributed by atoms with Crippen molar-refractivity contribution in [1.82, 2.24) is 9.80 Å². The Morgan fingerprint density at radius 1 is 1.15 bits per heavy atom. The second kappa shape index (κ2) is 9.14. The SMILES string of the molecule is CC(C)N(Cc1ccccc1)C(=O)COC(=O)CN1CCS(=O)(=O)CC1. The van der Waals surface area contributed by atoms with E-state index < -0.39 is 15.8 Å². The number of carbonyl (C=O) groups excluding carboxylic acids is 2. The summed E-state index contributed by atoms with van der Waals surface area (Å²) in [5, 5.41) is 0. The topological polar surface area (TPSA) is 84.0 Å². The number of amides is 1. The van der Waals surface area contributed by atoms with Crippen LogP contribution in [-0.2, 0) is 30.7 Å². The van der Waals surface area contributed by atoms with Crippen molar-refractivity contribution in [3.8, 4) is 0 Å². The molecule has 26 heavy (non-hydrogen) atoms. The molecule has 0 aromatic heterocycles. The van der Waals surface area contributed by atoms with Crippen LogP contribution < -0.4 is 0 Å². The van der Waals surface area contributed by atoms with Crippen LogP contribution >= 0.6 is 0 Å². The third kappa shape index (κ3) is 6.42. The lowest BCUT2D eigenvalue weighted by atomic mass is 10.2. The molecule has 1 fully saturated rings. The molecule has 0 atom stereocenters. The first-order valence-electron chi connectivity index (χ1n) is 8.68. The predicted octanol–water partition coefficient (Wildman–Crippen LogP) is 0.697. The molecule has 0 aliphatic carbocycles. The monoisotopic (exact) mass is 382 g/mol. The zero-order valence-corrected chi connectivity index (χ0v) is 16.1. The van der Waals surface area contributed by atoms with Crippen LogP contribution in [0.1, 0.15) is 19.4 Å². The van der Waals surface area contributed by atoms with E-state index in [1.54, 1.807) is 9.80 Å². The van der Waals surface area contributed by atoms with Crippen molar-refractivity contribution in [3.05, 3.63) is 35.9 Å².